The average Bonchev–Trinajstić information content (AvgIpc) is 2.68. The van der Waals surface area contributed by atoms with Gasteiger partial charge < -0.3 is 10.1 Å². The first-order valence-electron chi connectivity index (χ1n) is 6.66. The van der Waals surface area contributed by atoms with E-state index in [2.05, 4.69) is 19.2 Å². The maximum atomic E-state index is 12.2. The van der Waals surface area contributed by atoms with Gasteiger partial charge in [0.15, 0.2) is 5.75 Å². The van der Waals surface area contributed by atoms with Gasteiger partial charge in [0.1, 0.15) is 0 Å². The van der Waals surface area contributed by atoms with Gasteiger partial charge in [-0.15, -0.1) is 0 Å². The highest BCUT2D eigenvalue weighted by molar-refractivity contribution is 6.37. The fraction of sp³-hybridized carbons (Fsp3) is 0.533. The van der Waals surface area contributed by atoms with Crippen molar-refractivity contribution in [1.82, 2.24) is 5.32 Å². The SMILES string of the molecule is COc1c(Cl)cc(C(=O)NC2CCC(C)(C)C2)cc1Cl. The molecule has 1 aromatic rings. The van der Waals surface area contributed by atoms with Gasteiger partial charge in [0.25, 0.3) is 5.91 Å². The molecule has 0 radical (unpaired) electrons. The third-order valence-corrected chi connectivity index (χ3v) is 4.33. The molecule has 1 fully saturated rings. The lowest BCUT2D eigenvalue weighted by atomic mass is 9.92. The van der Waals surface area contributed by atoms with E-state index in [0.29, 0.717) is 26.8 Å². The van der Waals surface area contributed by atoms with Crippen LogP contribution < -0.4 is 10.1 Å². The number of ether oxygens (including phenoxy) is 1. The number of rotatable bonds is 3. The maximum absolute atomic E-state index is 12.2. The Bertz CT molecular complexity index is 506. The smallest absolute Gasteiger partial charge is 0.251 e. The molecule has 20 heavy (non-hydrogen) atoms. The Morgan fingerprint density at radius 3 is 2.40 bits per heavy atom. The number of carbonyl (C=O) groups excluding carboxylic acids is 1. The Labute approximate surface area is 129 Å². The van der Waals surface area contributed by atoms with Gasteiger partial charge in [-0.3, -0.25) is 4.79 Å². The van der Waals surface area contributed by atoms with Crippen LogP contribution in [0.2, 0.25) is 10.0 Å². The minimum absolute atomic E-state index is 0.140. The molecular formula is C15H19Cl2NO2. The van der Waals surface area contributed by atoms with Crippen LogP contribution in [0.25, 0.3) is 0 Å². The quantitative estimate of drug-likeness (QED) is 0.902. The number of hydrogen-bond acceptors (Lipinski definition) is 2. The van der Waals surface area contributed by atoms with Gasteiger partial charge in [-0.2, -0.15) is 0 Å². The van der Waals surface area contributed by atoms with E-state index in [0.717, 1.165) is 19.3 Å². The number of amides is 1. The summed E-state index contributed by atoms with van der Waals surface area (Å²) in [4.78, 5) is 12.2. The summed E-state index contributed by atoms with van der Waals surface area (Å²) in [5, 5.41) is 3.73. The molecule has 1 N–H and O–H groups in total. The van der Waals surface area contributed by atoms with Crippen LogP contribution in [0, 0.1) is 5.41 Å². The Kier molecular flexibility index (Phi) is 4.50. The highest BCUT2D eigenvalue weighted by atomic mass is 35.5. The normalized spacial score (nSPS) is 20.8. The van der Waals surface area contributed by atoms with Gasteiger partial charge >= 0.3 is 0 Å². The monoisotopic (exact) mass is 315 g/mol. The van der Waals surface area contributed by atoms with Gasteiger partial charge in [0.2, 0.25) is 0 Å². The van der Waals surface area contributed by atoms with Crippen molar-refractivity contribution < 1.29 is 9.53 Å². The summed E-state index contributed by atoms with van der Waals surface area (Å²) >= 11 is 12.1. The first kappa shape index (κ1) is 15.5. The molecular weight excluding hydrogens is 297 g/mol. The van der Waals surface area contributed by atoms with Gasteiger partial charge in [-0.25, -0.2) is 0 Å². The summed E-state index contributed by atoms with van der Waals surface area (Å²) in [6, 6.07) is 3.39. The van der Waals surface area contributed by atoms with Gasteiger partial charge in [0, 0.05) is 11.6 Å². The Morgan fingerprint density at radius 2 is 1.95 bits per heavy atom. The number of carbonyl (C=O) groups is 1. The second-order valence-corrected chi connectivity index (χ2v) is 6.86. The summed E-state index contributed by atoms with van der Waals surface area (Å²) < 4.78 is 5.08. The fourth-order valence-corrected chi connectivity index (χ4v) is 3.36. The molecule has 0 bridgehead atoms. The maximum Gasteiger partial charge on any atom is 0.251 e. The lowest BCUT2D eigenvalue weighted by Crippen LogP contribution is -2.33. The first-order valence-corrected chi connectivity index (χ1v) is 7.42. The molecule has 110 valence electrons. The third kappa shape index (κ3) is 3.39. The van der Waals surface area contributed by atoms with Crippen molar-refractivity contribution in [2.75, 3.05) is 7.11 Å². The molecule has 1 unspecified atom stereocenters. The summed E-state index contributed by atoms with van der Waals surface area (Å²) in [6.45, 7) is 4.44. The molecule has 1 aliphatic carbocycles. The Hall–Kier alpha value is -0.930. The van der Waals surface area contributed by atoms with E-state index < -0.39 is 0 Å². The van der Waals surface area contributed by atoms with Crippen LogP contribution in [0.5, 0.6) is 5.75 Å². The molecule has 1 amide bonds. The van der Waals surface area contributed by atoms with E-state index in [4.69, 9.17) is 27.9 Å². The van der Waals surface area contributed by atoms with Crippen LogP contribution in [-0.2, 0) is 0 Å². The summed E-state index contributed by atoms with van der Waals surface area (Å²) in [5.74, 6) is 0.256. The largest absolute Gasteiger partial charge is 0.494 e. The second kappa shape index (κ2) is 5.82. The number of halogens is 2. The van der Waals surface area contributed by atoms with Crippen LogP contribution in [-0.4, -0.2) is 19.1 Å². The van der Waals surface area contributed by atoms with Crippen molar-refractivity contribution in [3.8, 4) is 5.75 Å². The van der Waals surface area contributed by atoms with Crippen LogP contribution in [0.4, 0.5) is 0 Å². The highest BCUT2D eigenvalue weighted by Crippen LogP contribution is 2.37. The second-order valence-electron chi connectivity index (χ2n) is 6.05. The molecule has 1 saturated carbocycles. The van der Waals surface area contributed by atoms with E-state index in [-0.39, 0.29) is 11.9 Å². The van der Waals surface area contributed by atoms with Crippen LogP contribution in [0.15, 0.2) is 12.1 Å². The lowest BCUT2D eigenvalue weighted by molar-refractivity contribution is 0.0936. The molecule has 5 heteroatoms. The molecule has 3 nitrogen and oxygen atoms in total. The zero-order valence-electron chi connectivity index (χ0n) is 11.9. The predicted molar refractivity (Wildman–Crippen MR) is 81.9 cm³/mol. The van der Waals surface area contributed by atoms with Crippen molar-refractivity contribution in [3.63, 3.8) is 0 Å². The predicted octanol–water partition coefficient (Wildman–Crippen LogP) is 4.31. The molecule has 0 saturated heterocycles. The van der Waals surface area contributed by atoms with Crippen LogP contribution in [0.1, 0.15) is 43.5 Å². The van der Waals surface area contributed by atoms with E-state index >= 15 is 0 Å². The molecule has 2 rings (SSSR count). The molecule has 1 atom stereocenters. The lowest BCUT2D eigenvalue weighted by Gasteiger charge is -2.18. The van der Waals surface area contributed by atoms with E-state index in [1.54, 1.807) is 12.1 Å². The summed E-state index contributed by atoms with van der Waals surface area (Å²) in [7, 11) is 1.49. The van der Waals surface area contributed by atoms with E-state index in [1.165, 1.54) is 7.11 Å². The average molecular weight is 316 g/mol. The Morgan fingerprint density at radius 1 is 1.35 bits per heavy atom. The number of benzene rings is 1. The topological polar surface area (TPSA) is 38.3 Å². The van der Waals surface area contributed by atoms with Crippen molar-refractivity contribution in [2.24, 2.45) is 5.41 Å². The summed E-state index contributed by atoms with van der Waals surface area (Å²) in [6.07, 6.45) is 3.13. The van der Waals surface area contributed by atoms with Gasteiger partial charge in [-0.1, -0.05) is 37.0 Å². The standard InChI is InChI=1S/C15H19Cl2NO2/c1-15(2)5-4-10(8-15)18-14(19)9-6-11(16)13(20-3)12(17)7-9/h6-7,10H,4-5,8H2,1-3H3,(H,18,19). The van der Waals surface area contributed by atoms with Gasteiger partial charge in [-0.05, 0) is 36.8 Å². The van der Waals surface area contributed by atoms with Crippen molar-refractivity contribution in [3.05, 3.63) is 27.7 Å². The number of methoxy groups -OCH3 is 1. The number of hydrogen-bond donors (Lipinski definition) is 1. The van der Waals surface area contributed by atoms with E-state index in [1.807, 2.05) is 0 Å². The minimum Gasteiger partial charge on any atom is -0.494 e. The first-order chi connectivity index (χ1) is 9.32. The zero-order chi connectivity index (χ0) is 14.9. The number of nitrogens with one attached hydrogen (secondary N) is 1. The van der Waals surface area contributed by atoms with Crippen LogP contribution in [0.3, 0.4) is 0 Å². The molecule has 0 aliphatic heterocycles. The van der Waals surface area contributed by atoms with Crippen molar-refractivity contribution in [2.45, 2.75) is 39.2 Å². The van der Waals surface area contributed by atoms with Crippen LogP contribution >= 0.6 is 23.2 Å². The Balaban J connectivity index is 2.10. The van der Waals surface area contributed by atoms with Gasteiger partial charge in [0.05, 0.1) is 17.2 Å². The summed E-state index contributed by atoms with van der Waals surface area (Å²) in [5.41, 5.74) is 0.762. The molecule has 0 aromatic heterocycles. The highest BCUT2D eigenvalue weighted by Gasteiger charge is 2.31. The third-order valence-electron chi connectivity index (χ3n) is 3.77. The van der Waals surface area contributed by atoms with E-state index in [9.17, 15) is 4.79 Å². The minimum atomic E-state index is -0.140. The molecule has 0 spiro atoms. The van der Waals surface area contributed by atoms with Crippen molar-refractivity contribution in [1.29, 1.82) is 0 Å². The fourth-order valence-electron chi connectivity index (χ4n) is 2.71. The zero-order valence-corrected chi connectivity index (χ0v) is 13.4. The van der Waals surface area contributed by atoms with Crippen molar-refractivity contribution >= 4 is 29.1 Å². The molecule has 1 aromatic carbocycles. The molecule has 1 aliphatic rings. The molecule has 0 heterocycles.